The van der Waals surface area contributed by atoms with Crippen LogP contribution in [0.4, 0.5) is 0 Å². The molecule has 35 heavy (non-hydrogen) atoms. The van der Waals surface area contributed by atoms with Gasteiger partial charge in [-0.3, -0.25) is 14.7 Å². The van der Waals surface area contributed by atoms with Gasteiger partial charge in [-0.15, -0.1) is 0 Å². The van der Waals surface area contributed by atoms with Gasteiger partial charge in [0.25, 0.3) is 5.91 Å². The van der Waals surface area contributed by atoms with Crippen LogP contribution in [0.25, 0.3) is 11.1 Å². The molecule has 1 N–H and O–H groups in total. The maximum atomic E-state index is 13.4. The number of nitrogens with zero attached hydrogens (tertiary/aromatic N) is 4. The van der Waals surface area contributed by atoms with Crippen LogP contribution in [0.1, 0.15) is 88.1 Å². The van der Waals surface area contributed by atoms with Crippen molar-refractivity contribution in [3.05, 3.63) is 53.3 Å². The van der Waals surface area contributed by atoms with Crippen molar-refractivity contribution < 1.29 is 4.79 Å². The van der Waals surface area contributed by atoms with Crippen LogP contribution in [0, 0.1) is 11.8 Å². The summed E-state index contributed by atoms with van der Waals surface area (Å²) in [6, 6.07) is 8.23. The topological polar surface area (TPSA) is 70.0 Å². The number of azo groups is 1. The molecule has 186 valence electrons. The zero-order valence-electron chi connectivity index (χ0n) is 21.4. The van der Waals surface area contributed by atoms with E-state index in [4.69, 9.17) is 0 Å². The predicted molar refractivity (Wildman–Crippen MR) is 139 cm³/mol. The van der Waals surface area contributed by atoms with Crippen molar-refractivity contribution >= 4 is 5.91 Å². The molecule has 2 aromatic rings. The molecule has 4 unspecified atom stereocenters. The molecule has 0 radical (unpaired) electrons. The van der Waals surface area contributed by atoms with Crippen LogP contribution >= 0.6 is 0 Å². The highest BCUT2D eigenvalue weighted by atomic mass is 16.2. The second-order valence-corrected chi connectivity index (χ2v) is 11.1. The summed E-state index contributed by atoms with van der Waals surface area (Å²) in [5.74, 6) is 1.46. The lowest BCUT2D eigenvalue weighted by Crippen LogP contribution is -2.38. The van der Waals surface area contributed by atoms with Gasteiger partial charge in [-0.25, -0.2) is 0 Å². The molecule has 1 amide bonds. The summed E-state index contributed by atoms with van der Waals surface area (Å²) in [4.78, 5) is 20.4. The van der Waals surface area contributed by atoms with Gasteiger partial charge in [-0.05, 0) is 91.9 Å². The molecule has 3 heterocycles. The molecule has 0 spiro atoms. The highest BCUT2D eigenvalue weighted by Gasteiger charge is 2.31. The van der Waals surface area contributed by atoms with Gasteiger partial charge in [0.2, 0.25) is 0 Å². The molecular weight excluding hydrogens is 434 g/mol. The zero-order chi connectivity index (χ0) is 24.4. The number of nitrogens with one attached hydrogen (secondary N) is 1. The van der Waals surface area contributed by atoms with E-state index in [2.05, 4.69) is 63.5 Å². The van der Waals surface area contributed by atoms with Crippen LogP contribution < -0.4 is 5.32 Å². The fraction of sp³-hybridized carbons (Fsp3) is 0.586. The molecular formula is C29H39N5O. The Balaban J connectivity index is 1.34. The Bertz CT molecular complexity index is 1080. The van der Waals surface area contributed by atoms with Crippen LogP contribution in [0.5, 0.6) is 0 Å². The number of likely N-dealkylation sites (tertiary alicyclic amines) is 1. The van der Waals surface area contributed by atoms with Gasteiger partial charge in [0.15, 0.2) is 6.04 Å². The lowest BCUT2D eigenvalue weighted by Gasteiger charge is -2.30. The largest absolute Gasteiger partial charge is 0.351 e. The van der Waals surface area contributed by atoms with Crippen molar-refractivity contribution in [2.24, 2.45) is 22.1 Å². The van der Waals surface area contributed by atoms with Crippen LogP contribution in [0.15, 0.2) is 46.9 Å². The normalized spacial score (nSPS) is 26.6. The van der Waals surface area contributed by atoms with Crippen LogP contribution in [0.3, 0.4) is 0 Å². The fourth-order valence-corrected chi connectivity index (χ4v) is 5.81. The van der Waals surface area contributed by atoms with Gasteiger partial charge in [0.1, 0.15) is 0 Å². The van der Waals surface area contributed by atoms with Crippen LogP contribution in [-0.2, 0) is 11.3 Å². The van der Waals surface area contributed by atoms with E-state index in [9.17, 15) is 4.79 Å². The highest BCUT2D eigenvalue weighted by Crippen LogP contribution is 2.37. The van der Waals surface area contributed by atoms with E-state index in [-0.39, 0.29) is 18.0 Å². The molecule has 6 nitrogen and oxygen atoms in total. The molecule has 2 aliphatic heterocycles. The number of amides is 1. The van der Waals surface area contributed by atoms with E-state index in [1.807, 2.05) is 19.3 Å². The molecule has 3 aliphatic rings. The number of fused-ring (bicyclic) bond motifs is 1. The van der Waals surface area contributed by atoms with Crippen LogP contribution in [0.2, 0.25) is 0 Å². The minimum Gasteiger partial charge on any atom is -0.351 e. The third-order valence-electron chi connectivity index (χ3n) is 8.22. The Morgan fingerprint density at radius 2 is 1.86 bits per heavy atom. The SMILES string of the molecule is CC1N=NC(C(=O)NC2CCCC(C(C)C)CC2)c2cc(-c3cncc(CN4CCC4)c3)ccc21. The number of carbonyl (C=O) groups excluding carboxylic acids is 1. The Morgan fingerprint density at radius 1 is 1.00 bits per heavy atom. The number of benzene rings is 1. The molecule has 1 aromatic heterocycles. The summed E-state index contributed by atoms with van der Waals surface area (Å²) in [7, 11) is 0. The summed E-state index contributed by atoms with van der Waals surface area (Å²) in [5, 5.41) is 12.3. The lowest BCUT2D eigenvalue weighted by atomic mass is 9.89. The molecule has 1 saturated carbocycles. The van der Waals surface area contributed by atoms with Gasteiger partial charge in [-0.2, -0.15) is 10.2 Å². The maximum absolute atomic E-state index is 13.4. The summed E-state index contributed by atoms with van der Waals surface area (Å²) in [5.41, 5.74) is 5.47. The minimum atomic E-state index is -0.581. The maximum Gasteiger partial charge on any atom is 0.251 e. The average Bonchev–Trinajstić information content (AvgIpc) is 3.07. The Kier molecular flexibility index (Phi) is 7.28. The van der Waals surface area contributed by atoms with E-state index < -0.39 is 6.04 Å². The number of hydrogen-bond donors (Lipinski definition) is 1. The summed E-state index contributed by atoms with van der Waals surface area (Å²) < 4.78 is 0. The summed E-state index contributed by atoms with van der Waals surface area (Å²) in [6.07, 6.45) is 10.9. The van der Waals surface area contributed by atoms with E-state index in [1.54, 1.807) is 0 Å². The lowest BCUT2D eigenvalue weighted by molar-refractivity contribution is -0.123. The Morgan fingerprint density at radius 3 is 2.63 bits per heavy atom. The van der Waals surface area contributed by atoms with Crippen molar-refractivity contribution in [2.45, 2.75) is 84.0 Å². The van der Waals surface area contributed by atoms with Gasteiger partial charge >= 0.3 is 0 Å². The van der Waals surface area contributed by atoms with Gasteiger partial charge in [-0.1, -0.05) is 38.8 Å². The second-order valence-electron chi connectivity index (χ2n) is 11.1. The van der Waals surface area contributed by atoms with E-state index in [1.165, 1.54) is 44.3 Å². The van der Waals surface area contributed by atoms with Gasteiger partial charge < -0.3 is 5.32 Å². The summed E-state index contributed by atoms with van der Waals surface area (Å²) >= 11 is 0. The smallest absolute Gasteiger partial charge is 0.251 e. The average molecular weight is 474 g/mol. The van der Waals surface area contributed by atoms with Crippen molar-refractivity contribution in [1.82, 2.24) is 15.2 Å². The number of carbonyl (C=O) groups is 1. The summed E-state index contributed by atoms with van der Waals surface area (Å²) in [6.45, 7) is 9.96. The van der Waals surface area contributed by atoms with Crippen LogP contribution in [-0.4, -0.2) is 34.9 Å². The third kappa shape index (κ3) is 5.48. The van der Waals surface area contributed by atoms with E-state index in [0.29, 0.717) is 5.92 Å². The van der Waals surface area contributed by atoms with Crippen molar-refractivity contribution in [1.29, 1.82) is 0 Å². The fourth-order valence-electron chi connectivity index (χ4n) is 5.81. The van der Waals surface area contributed by atoms with Crippen molar-refractivity contribution in [2.75, 3.05) is 13.1 Å². The minimum absolute atomic E-state index is 0.0169. The second kappa shape index (κ2) is 10.6. The first kappa shape index (κ1) is 24.1. The molecule has 5 rings (SSSR count). The first-order valence-electron chi connectivity index (χ1n) is 13.5. The third-order valence-corrected chi connectivity index (χ3v) is 8.22. The number of aromatic nitrogens is 1. The standard InChI is InChI=1S/C29H39N5O/c1-19(2)22-6-4-7-25(10-8-22)31-29(35)28-27-15-23(9-11-26(27)20(3)32-33-28)24-14-21(16-30-17-24)18-34-12-5-13-34/h9,11,14-17,19-20,22,25,28H,4-8,10,12-13,18H2,1-3H3,(H,31,35). The van der Waals surface area contributed by atoms with Crippen molar-refractivity contribution in [3.8, 4) is 11.1 Å². The molecule has 1 aliphatic carbocycles. The Hall–Kier alpha value is -2.60. The number of rotatable bonds is 6. The molecule has 4 atom stereocenters. The van der Waals surface area contributed by atoms with Gasteiger partial charge in [0, 0.05) is 30.5 Å². The molecule has 6 heteroatoms. The van der Waals surface area contributed by atoms with Crippen molar-refractivity contribution in [3.63, 3.8) is 0 Å². The number of hydrogen-bond acceptors (Lipinski definition) is 5. The monoisotopic (exact) mass is 473 g/mol. The van der Waals surface area contributed by atoms with Gasteiger partial charge in [0.05, 0.1) is 6.04 Å². The molecule has 1 aromatic carbocycles. The first-order valence-corrected chi connectivity index (χ1v) is 13.5. The van der Waals surface area contributed by atoms with E-state index in [0.717, 1.165) is 47.6 Å². The Labute approximate surface area is 209 Å². The molecule has 0 bridgehead atoms. The first-order chi connectivity index (χ1) is 17.0. The molecule has 1 saturated heterocycles. The zero-order valence-corrected chi connectivity index (χ0v) is 21.4. The quantitative estimate of drug-likeness (QED) is 0.505. The molecule has 2 fully saturated rings. The number of pyridine rings is 1. The highest BCUT2D eigenvalue weighted by molar-refractivity contribution is 5.85. The van der Waals surface area contributed by atoms with E-state index >= 15 is 0 Å². The predicted octanol–water partition coefficient (Wildman–Crippen LogP) is 6.24.